The molecule has 0 saturated carbocycles. The lowest BCUT2D eigenvalue weighted by molar-refractivity contribution is 0.0680. The predicted octanol–water partition coefficient (Wildman–Crippen LogP) is 1.64. The molecule has 0 aliphatic rings. The quantitative estimate of drug-likeness (QED) is 0.844. The van der Waals surface area contributed by atoms with E-state index in [1.54, 1.807) is 0 Å². The molecule has 16 heavy (non-hydrogen) atoms. The number of hydrogen-bond acceptors (Lipinski definition) is 6. The van der Waals surface area contributed by atoms with Crippen molar-refractivity contribution in [2.45, 2.75) is 13.3 Å². The van der Waals surface area contributed by atoms with Crippen LogP contribution in [0.4, 0.5) is 5.00 Å². The van der Waals surface area contributed by atoms with Crippen molar-refractivity contribution >= 4 is 22.3 Å². The number of carboxylic acid groups (broad SMARTS) is 1. The van der Waals surface area contributed by atoms with Crippen LogP contribution >= 0.6 is 11.3 Å². The molecule has 2 rings (SSSR count). The molecule has 0 aliphatic heterocycles. The van der Waals surface area contributed by atoms with E-state index in [9.17, 15) is 4.79 Å². The fourth-order valence-corrected chi connectivity index (χ4v) is 2.08. The fourth-order valence-electron chi connectivity index (χ4n) is 1.22. The van der Waals surface area contributed by atoms with Crippen LogP contribution in [0, 0.1) is 0 Å². The zero-order valence-electron chi connectivity index (χ0n) is 8.43. The number of nitrogen functional groups attached to an aromatic ring is 1. The van der Waals surface area contributed by atoms with Gasteiger partial charge in [0.15, 0.2) is 0 Å². The highest BCUT2D eigenvalue weighted by atomic mass is 32.1. The minimum atomic E-state index is -1.22. The number of aromatic carboxylic acids is 1. The molecule has 0 saturated heterocycles. The summed E-state index contributed by atoms with van der Waals surface area (Å²) in [5.41, 5.74) is 6.38. The number of thiophene rings is 1. The number of carboxylic acids is 1. The van der Waals surface area contributed by atoms with Crippen molar-refractivity contribution < 1.29 is 14.4 Å². The van der Waals surface area contributed by atoms with Crippen molar-refractivity contribution in [1.29, 1.82) is 0 Å². The van der Waals surface area contributed by atoms with Gasteiger partial charge in [-0.25, -0.2) is 4.79 Å². The van der Waals surface area contributed by atoms with Gasteiger partial charge in [-0.1, -0.05) is 6.92 Å². The summed E-state index contributed by atoms with van der Waals surface area (Å²) in [5.74, 6) is -1.44. The topological polar surface area (TPSA) is 102 Å². The predicted molar refractivity (Wildman–Crippen MR) is 58.4 cm³/mol. The van der Waals surface area contributed by atoms with Gasteiger partial charge in [-0.3, -0.25) is 0 Å². The molecule has 0 amide bonds. The summed E-state index contributed by atoms with van der Waals surface area (Å²) >= 11 is 1.43. The first-order valence-corrected chi connectivity index (χ1v) is 5.39. The third-order valence-corrected chi connectivity index (χ3v) is 3.12. The monoisotopic (exact) mass is 239 g/mol. The Labute approximate surface area is 94.7 Å². The number of carbonyl (C=O) groups is 1. The Kier molecular flexibility index (Phi) is 2.61. The first kappa shape index (κ1) is 10.6. The summed E-state index contributed by atoms with van der Waals surface area (Å²) in [4.78, 5) is 15.4. The number of rotatable bonds is 3. The Morgan fingerprint density at radius 3 is 2.94 bits per heavy atom. The molecule has 84 valence electrons. The van der Waals surface area contributed by atoms with Crippen molar-refractivity contribution in [3.05, 3.63) is 16.8 Å². The van der Waals surface area contributed by atoms with E-state index < -0.39 is 5.97 Å². The second-order valence-corrected chi connectivity index (χ2v) is 4.24. The Morgan fingerprint density at radius 1 is 1.69 bits per heavy atom. The van der Waals surface area contributed by atoms with Gasteiger partial charge in [0.1, 0.15) is 0 Å². The van der Waals surface area contributed by atoms with E-state index >= 15 is 0 Å². The van der Waals surface area contributed by atoms with E-state index in [0.29, 0.717) is 10.6 Å². The van der Waals surface area contributed by atoms with Crippen LogP contribution in [0.3, 0.4) is 0 Å². The number of nitrogens with zero attached hydrogens (tertiary/aromatic N) is 2. The van der Waals surface area contributed by atoms with Crippen LogP contribution in [0.1, 0.15) is 22.4 Å². The normalized spacial score (nSPS) is 10.6. The first-order chi connectivity index (χ1) is 7.61. The summed E-state index contributed by atoms with van der Waals surface area (Å²) < 4.78 is 4.84. The summed E-state index contributed by atoms with van der Waals surface area (Å²) in [7, 11) is 0. The average molecular weight is 239 g/mol. The minimum absolute atomic E-state index is 0.144. The number of aromatic nitrogens is 2. The molecule has 7 heteroatoms. The largest absolute Gasteiger partial charge is 0.475 e. The molecular weight excluding hydrogens is 230 g/mol. The van der Waals surface area contributed by atoms with Crippen molar-refractivity contribution in [3.8, 4) is 11.5 Å². The maximum absolute atomic E-state index is 10.6. The molecule has 0 spiro atoms. The molecule has 3 N–H and O–H groups in total. The van der Waals surface area contributed by atoms with Crippen molar-refractivity contribution in [3.63, 3.8) is 0 Å². The molecule has 6 nitrogen and oxygen atoms in total. The van der Waals surface area contributed by atoms with Gasteiger partial charge in [0, 0.05) is 4.88 Å². The highest BCUT2D eigenvalue weighted by molar-refractivity contribution is 7.16. The highest BCUT2D eigenvalue weighted by Crippen LogP contribution is 2.33. The molecule has 2 heterocycles. The van der Waals surface area contributed by atoms with Crippen LogP contribution in [-0.2, 0) is 6.42 Å². The molecule has 0 unspecified atom stereocenters. The third kappa shape index (κ3) is 1.76. The van der Waals surface area contributed by atoms with Gasteiger partial charge in [-0.05, 0) is 17.6 Å². The van der Waals surface area contributed by atoms with Gasteiger partial charge in [0.25, 0.3) is 11.7 Å². The smallest absolute Gasteiger partial charge is 0.377 e. The molecule has 0 aliphatic carbocycles. The van der Waals surface area contributed by atoms with Crippen molar-refractivity contribution in [2.24, 2.45) is 0 Å². The van der Waals surface area contributed by atoms with E-state index in [4.69, 9.17) is 15.4 Å². The van der Waals surface area contributed by atoms with Crippen LogP contribution in [0.2, 0.25) is 0 Å². The van der Waals surface area contributed by atoms with Crippen LogP contribution in [0.5, 0.6) is 0 Å². The number of hydrogen-bond donors (Lipinski definition) is 2. The maximum Gasteiger partial charge on any atom is 0.377 e. The Balaban J connectivity index is 2.41. The van der Waals surface area contributed by atoms with Crippen molar-refractivity contribution in [2.75, 3.05) is 5.73 Å². The molecule has 0 atom stereocenters. The third-order valence-electron chi connectivity index (χ3n) is 2.01. The Hall–Kier alpha value is -1.89. The highest BCUT2D eigenvalue weighted by Gasteiger charge is 2.17. The van der Waals surface area contributed by atoms with E-state index in [1.165, 1.54) is 11.3 Å². The van der Waals surface area contributed by atoms with E-state index in [1.807, 2.05) is 13.0 Å². The summed E-state index contributed by atoms with van der Waals surface area (Å²) in [6.07, 6.45) is 0.856. The average Bonchev–Trinajstić information content (AvgIpc) is 2.83. The van der Waals surface area contributed by atoms with Crippen molar-refractivity contribution in [1.82, 2.24) is 10.1 Å². The Bertz CT molecular complexity index is 532. The van der Waals surface area contributed by atoms with Gasteiger partial charge in [-0.2, -0.15) is 4.98 Å². The summed E-state index contributed by atoms with van der Waals surface area (Å²) in [6.45, 7) is 2.01. The number of aryl methyl sites for hydroxylation is 1. The first-order valence-electron chi connectivity index (χ1n) is 4.57. The molecule has 0 fully saturated rings. The minimum Gasteiger partial charge on any atom is -0.475 e. The summed E-state index contributed by atoms with van der Waals surface area (Å²) in [5, 5.41) is 12.5. The van der Waals surface area contributed by atoms with Crippen LogP contribution < -0.4 is 5.73 Å². The zero-order chi connectivity index (χ0) is 11.7. The fraction of sp³-hybridized carbons (Fsp3) is 0.222. The van der Waals surface area contributed by atoms with E-state index in [0.717, 1.165) is 11.3 Å². The molecular formula is C9H9N3O3S. The second kappa shape index (κ2) is 3.93. The Morgan fingerprint density at radius 2 is 2.44 bits per heavy atom. The maximum atomic E-state index is 10.6. The lowest BCUT2D eigenvalue weighted by Gasteiger charge is -1.88. The summed E-state index contributed by atoms with van der Waals surface area (Å²) in [6, 6.07) is 1.83. The molecule has 0 bridgehead atoms. The molecule has 2 aromatic rings. The van der Waals surface area contributed by atoms with Gasteiger partial charge in [-0.15, -0.1) is 11.3 Å². The van der Waals surface area contributed by atoms with E-state index in [-0.39, 0.29) is 11.7 Å². The SMILES string of the molecule is CCc1cc(-c2nc(C(=O)O)no2)c(N)s1. The zero-order valence-corrected chi connectivity index (χ0v) is 9.24. The van der Waals surface area contributed by atoms with Gasteiger partial charge < -0.3 is 15.4 Å². The van der Waals surface area contributed by atoms with Gasteiger partial charge >= 0.3 is 5.97 Å². The van der Waals surface area contributed by atoms with Crippen LogP contribution in [0.25, 0.3) is 11.5 Å². The molecule has 0 aromatic carbocycles. The molecule has 0 radical (unpaired) electrons. The van der Waals surface area contributed by atoms with Gasteiger partial charge in [0.2, 0.25) is 0 Å². The standard InChI is InChI=1S/C9H9N3O3S/c1-2-4-3-5(6(10)16-4)8-11-7(9(13)14)12-15-8/h3H,2,10H2,1H3,(H,13,14). The van der Waals surface area contributed by atoms with E-state index in [2.05, 4.69) is 10.1 Å². The lowest BCUT2D eigenvalue weighted by Crippen LogP contribution is -1.98. The number of nitrogens with two attached hydrogens (primary N) is 1. The second-order valence-electron chi connectivity index (χ2n) is 3.07. The van der Waals surface area contributed by atoms with Gasteiger partial charge in [0.05, 0.1) is 10.6 Å². The molecule has 2 aromatic heterocycles. The lowest BCUT2D eigenvalue weighted by atomic mass is 10.2. The van der Waals surface area contributed by atoms with Crippen LogP contribution in [-0.4, -0.2) is 21.2 Å². The van der Waals surface area contributed by atoms with Crippen LogP contribution in [0.15, 0.2) is 10.6 Å². The number of anilines is 1.